The first kappa shape index (κ1) is 36.1. The first-order valence-electron chi connectivity index (χ1n) is 18.0. The summed E-state index contributed by atoms with van der Waals surface area (Å²) in [6, 6.07) is 47.0. The molecule has 0 amide bonds. The van der Waals surface area contributed by atoms with Crippen molar-refractivity contribution in [2.75, 3.05) is 0 Å². The van der Waals surface area contributed by atoms with Crippen LogP contribution in [-0.2, 0) is 17.4 Å². The summed E-state index contributed by atoms with van der Waals surface area (Å²) in [5.74, 6) is 2.20. The van der Waals surface area contributed by atoms with Gasteiger partial charge in [-0.2, -0.15) is 0 Å². The molecule has 6 aromatic carbocycles. The summed E-state index contributed by atoms with van der Waals surface area (Å²) >= 11 is 0. The van der Waals surface area contributed by atoms with Gasteiger partial charge in [0.05, 0.1) is 0 Å². The summed E-state index contributed by atoms with van der Waals surface area (Å²) < 4.78 is 12.7. The van der Waals surface area contributed by atoms with Crippen LogP contribution in [0, 0.1) is 6.92 Å². The first-order chi connectivity index (χ1) is 25.0. The minimum absolute atomic E-state index is 0.00186. The number of hydrogen-bond acceptors (Lipinski definition) is 4. The van der Waals surface area contributed by atoms with Crippen molar-refractivity contribution in [3.8, 4) is 17.2 Å². The molecule has 4 nitrogen and oxygen atoms in total. The number of benzene rings is 6. The molecule has 4 heteroatoms. The molecule has 0 fully saturated rings. The normalized spacial score (nSPS) is 12.5. The standard InChI is InChI=1S/C48H46O4/c1-7-34-11-15-36(16-12-34)46(50)38-19-27-42(28-20-38)51-43-29-23-39(24-30-43)47(4,5)40-25-31-44(32-26-40)52-48(6,8-2)41-21-17-37(18-22-41)45(49)35-13-9-33(3)10-14-35/h9-32H,7-8H2,1-6H3. The van der Waals surface area contributed by atoms with E-state index in [0.29, 0.717) is 28.0 Å². The Morgan fingerprint density at radius 2 is 0.846 bits per heavy atom. The summed E-state index contributed by atoms with van der Waals surface area (Å²) in [6.45, 7) is 12.7. The van der Waals surface area contributed by atoms with Crippen LogP contribution in [0.15, 0.2) is 146 Å². The zero-order chi connectivity index (χ0) is 36.9. The van der Waals surface area contributed by atoms with Crippen molar-refractivity contribution in [1.29, 1.82) is 0 Å². The zero-order valence-corrected chi connectivity index (χ0v) is 30.9. The van der Waals surface area contributed by atoms with Crippen molar-refractivity contribution >= 4 is 11.6 Å². The molecular weight excluding hydrogens is 641 g/mol. The van der Waals surface area contributed by atoms with Gasteiger partial charge in [0.1, 0.15) is 22.8 Å². The Labute approximate surface area is 308 Å². The van der Waals surface area contributed by atoms with Gasteiger partial charge in [-0.05, 0) is 97.5 Å². The fourth-order valence-electron chi connectivity index (χ4n) is 6.36. The highest BCUT2D eigenvalue weighted by molar-refractivity contribution is 6.09. The molecule has 0 aliphatic carbocycles. The Kier molecular flexibility index (Phi) is 10.6. The maximum Gasteiger partial charge on any atom is 0.193 e. The fourth-order valence-corrected chi connectivity index (χ4v) is 6.36. The monoisotopic (exact) mass is 686 g/mol. The van der Waals surface area contributed by atoms with Crippen LogP contribution in [0.4, 0.5) is 0 Å². The van der Waals surface area contributed by atoms with Crippen LogP contribution in [0.2, 0.25) is 0 Å². The van der Waals surface area contributed by atoms with Gasteiger partial charge < -0.3 is 9.47 Å². The van der Waals surface area contributed by atoms with Gasteiger partial charge in [0.2, 0.25) is 0 Å². The molecule has 52 heavy (non-hydrogen) atoms. The summed E-state index contributed by atoms with van der Waals surface area (Å²) in [6.07, 6.45) is 1.70. The highest BCUT2D eigenvalue weighted by atomic mass is 16.5. The third-order valence-corrected chi connectivity index (χ3v) is 10.2. The third-order valence-electron chi connectivity index (χ3n) is 10.2. The maximum atomic E-state index is 13.0. The Morgan fingerprint density at radius 3 is 1.29 bits per heavy atom. The van der Waals surface area contributed by atoms with Gasteiger partial charge in [0, 0.05) is 27.7 Å². The predicted molar refractivity (Wildman–Crippen MR) is 210 cm³/mol. The van der Waals surface area contributed by atoms with Crippen molar-refractivity contribution in [3.63, 3.8) is 0 Å². The smallest absolute Gasteiger partial charge is 0.193 e. The van der Waals surface area contributed by atoms with Crippen LogP contribution in [0.1, 0.15) is 101 Å². The highest BCUT2D eigenvalue weighted by Gasteiger charge is 2.28. The van der Waals surface area contributed by atoms with E-state index >= 15 is 0 Å². The van der Waals surface area contributed by atoms with Gasteiger partial charge in [0.15, 0.2) is 11.6 Å². The average molecular weight is 687 g/mol. The number of rotatable bonds is 13. The van der Waals surface area contributed by atoms with E-state index in [0.717, 1.165) is 46.6 Å². The molecule has 262 valence electrons. The van der Waals surface area contributed by atoms with Crippen molar-refractivity contribution in [2.24, 2.45) is 0 Å². The molecule has 0 aliphatic rings. The molecule has 0 saturated heterocycles. The van der Waals surface area contributed by atoms with E-state index in [1.807, 2.05) is 128 Å². The number of hydrogen-bond donors (Lipinski definition) is 0. The molecule has 0 spiro atoms. The van der Waals surface area contributed by atoms with E-state index in [-0.39, 0.29) is 17.0 Å². The molecule has 0 aliphatic heterocycles. The molecule has 6 rings (SSSR count). The second-order valence-electron chi connectivity index (χ2n) is 14.1. The molecule has 0 aromatic heterocycles. The largest absolute Gasteiger partial charge is 0.483 e. The van der Waals surface area contributed by atoms with Crippen LogP contribution >= 0.6 is 0 Å². The Bertz CT molecular complexity index is 2120. The van der Waals surface area contributed by atoms with E-state index < -0.39 is 5.60 Å². The van der Waals surface area contributed by atoms with Gasteiger partial charge in [-0.1, -0.05) is 130 Å². The summed E-state index contributed by atoms with van der Waals surface area (Å²) in [5.41, 5.74) is 7.51. The highest BCUT2D eigenvalue weighted by Crippen LogP contribution is 2.36. The lowest BCUT2D eigenvalue weighted by Gasteiger charge is -2.31. The quantitative estimate of drug-likeness (QED) is 0.113. The van der Waals surface area contributed by atoms with Crippen LogP contribution in [0.25, 0.3) is 0 Å². The van der Waals surface area contributed by atoms with Gasteiger partial charge in [-0.25, -0.2) is 0 Å². The van der Waals surface area contributed by atoms with Gasteiger partial charge in [-0.3, -0.25) is 9.59 Å². The summed E-state index contributed by atoms with van der Waals surface area (Å²) in [5, 5.41) is 0. The molecule has 0 radical (unpaired) electrons. The van der Waals surface area contributed by atoms with E-state index in [1.54, 1.807) is 0 Å². The Morgan fingerprint density at radius 1 is 0.481 bits per heavy atom. The summed E-state index contributed by atoms with van der Waals surface area (Å²) in [4.78, 5) is 26.0. The predicted octanol–water partition coefficient (Wildman–Crippen LogP) is 11.8. The van der Waals surface area contributed by atoms with E-state index in [9.17, 15) is 9.59 Å². The molecule has 0 bridgehead atoms. The van der Waals surface area contributed by atoms with E-state index in [2.05, 4.69) is 58.9 Å². The number of carbonyl (C=O) groups is 2. The minimum Gasteiger partial charge on any atom is -0.483 e. The van der Waals surface area contributed by atoms with E-state index in [1.165, 1.54) is 5.56 Å². The van der Waals surface area contributed by atoms with Crippen molar-refractivity contribution in [1.82, 2.24) is 0 Å². The minimum atomic E-state index is -0.561. The molecule has 0 saturated carbocycles. The van der Waals surface area contributed by atoms with E-state index in [4.69, 9.17) is 9.47 Å². The topological polar surface area (TPSA) is 52.6 Å². The molecular formula is C48H46O4. The fraction of sp³-hybridized carbons (Fsp3) is 0.208. The van der Waals surface area contributed by atoms with Crippen molar-refractivity contribution in [2.45, 2.75) is 65.4 Å². The van der Waals surface area contributed by atoms with Crippen molar-refractivity contribution in [3.05, 3.63) is 196 Å². The van der Waals surface area contributed by atoms with Crippen LogP contribution in [0.5, 0.6) is 17.2 Å². The van der Waals surface area contributed by atoms with Crippen LogP contribution in [0.3, 0.4) is 0 Å². The lowest BCUT2D eigenvalue weighted by atomic mass is 9.78. The van der Waals surface area contributed by atoms with Crippen LogP contribution < -0.4 is 9.47 Å². The number of aryl methyl sites for hydroxylation is 2. The number of ether oxygens (including phenoxy) is 2. The lowest BCUT2D eigenvalue weighted by Crippen LogP contribution is -2.28. The molecule has 1 unspecified atom stereocenters. The molecule has 0 N–H and O–H groups in total. The van der Waals surface area contributed by atoms with Crippen molar-refractivity contribution < 1.29 is 19.1 Å². The second kappa shape index (κ2) is 15.2. The SMILES string of the molecule is CCc1ccc(C(=O)c2ccc(Oc3ccc(C(C)(C)c4ccc(OC(C)(CC)c5ccc(C(=O)c6ccc(C)cc6)cc5)cc4)cc3)cc2)cc1. The average Bonchev–Trinajstić information content (AvgIpc) is 3.18. The molecule has 0 heterocycles. The zero-order valence-electron chi connectivity index (χ0n) is 30.9. The Balaban J connectivity index is 1.08. The van der Waals surface area contributed by atoms with Crippen LogP contribution in [-0.4, -0.2) is 11.6 Å². The maximum absolute atomic E-state index is 13.0. The van der Waals surface area contributed by atoms with Gasteiger partial charge in [-0.15, -0.1) is 0 Å². The molecule has 6 aromatic rings. The number of ketones is 2. The second-order valence-corrected chi connectivity index (χ2v) is 14.1. The number of carbonyl (C=O) groups excluding carboxylic acids is 2. The Hall–Kier alpha value is -5.74. The lowest BCUT2D eigenvalue weighted by molar-refractivity contribution is 0.0824. The first-order valence-corrected chi connectivity index (χ1v) is 18.0. The third kappa shape index (κ3) is 7.92. The summed E-state index contributed by atoms with van der Waals surface area (Å²) in [7, 11) is 0. The molecule has 1 atom stereocenters. The van der Waals surface area contributed by atoms with Gasteiger partial charge >= 0.3 is 0 Å². The van der Waals surface area contributed by atoms with Gasteiger partial charge in [0.25, 0.3) is 0 Å².